The number of aromatic amines is 1. The van der Waals surface area contributed by atoms with Gasteiger partial charge in [-0.05, 0) is 4.92 Å². The summed E-state index contributed by atoms with van der Waals surface area (Å²) in [5.74, 6) is -0.408. The third-order valence-electron chi connectivity index (χ3n) is 1.12. The molecular weight excluding hydrogens is 208 g/mol. The summed E-state index contributed by atoms with van der Waals surface area (Å²) in [7, 11) is 1.03. The van der Waals surface area contributed by atoms with E-state index in [0.717, 1.165) is 12.3 Å². The predicted octanol–water partition coefficient (Wildman–Crippen LogP) is 0.850. The van der Waals surface area contributed by atoms with Crippen molar-refractivity contribution in [1.29, 1.82) is 0 Å². The molecule has 12 heavy (non-hydrogen) atoms. The highest BCUT2D eigenvalue weighted by atomic mass is 35.7. The molecule has 6 nitrogen and oxygen atoms in total. The van der Waals surface area contributed by atoms with Gasteiger partial charge in [0, 0.05) is 10.7 Å². The fourth-order valence-electron chi connectivity index (χ4n) is 0.609. The maximum Gasteiger partial charge on any atom is 0.322 e. The zero-order chi connectivity index (χ0) is 9.35. The average Bonchev–Trinajstić information content (AvgIpc) is 2.30. The zero-order valence-electron chi connectivity index (χ0n) is 5.52. The van der Waals surface area contributed by atoms with E-state index in [9.17, 15) is 18.5 Å². The fraction of sp³-hybridized carbons (Fsp3) is 0. The topological polar surface area (TPSA) is 93.1 Å². The van der Waals surface area contributed by atoms with Crippen molar-refractivity contribution in [3.8, 4) is 0 Å². The summed E-state index contributed by atoms with van der Waals surface area (Å²) in [6, 6.07) is 0.850. The first-order valence-corrected chi connectivity index (χ1v) is 4.99. The summed E-state index contributed by atoms with van der Waals surface area (Å²) in [5, 5.41) is 10.1. The van der Waals surface area contributed by atoms with Gasteiger partial charge in [0.2, 0.25) is 0 Å². The van der Waals surface area contributed by atoms with Gasteiger partial charge in [0.1, 0.15) is 11.1 Å². The lowest BCUT2D eigenvalue weighted by atomic mass is 10.6. The number of rotatable bonds is 2. The number of hydrogen-bond donors (Lipinski definition) is 1. The molecule has 0 radical (unpaired) electrons. The molecule has 1 aromatic rings. The number of H-pyrrole nitrogens is 1. The maximum atomic E-state index is 10.6. The van der Waals surface area contributed by atoms with Crippen molar-refractivity contribution in [2.24, 2.45) is 0 Å². The molecule has 0 amide bonds. The first-order chi connectivity index (χ1) is 5.41. The van der Waals surface area contributed by atoms with Crippen LogP contribution in [-0.4, -0.2) is 18.3 Å². The molecule has 1 rings (SSSR count). The molecule has 66 valence electrons. The van der Waals surface area contributed by atoms with Crippen molar-refractivity contribution in [3.63, 3.8) is 0 Å². The summed E-state index contributed by atoms with van der Waals surface area (Å²) < 4.78 is 21.2. The third kappa shape index (κ3) is 1.74. The van der Waals surface area contributed by atoms with Gasteiger partial charge in [-0.25, -0.2) is 13.4 Å². The van der Waals surface area contributed by atoms with Crippen molar-refractivity contribution in [1.82, 2.24) is 4.98 Å². The molecule has 1 aromatic heterocycles. The summed E-state index contributed by atoms with van der Waals surface area (Å²) in [6.45, 7) is 0. The van der Waals surface area contributed by atoms with Crippen LogP contribution in [0.2, 0.25) is 0 Å². The van der Waals surface area contributed by atoms with Crippen LogP contribution < -0.4 is 0 Å². The smallest absolute Gasteiger partial charge is 0.322 e. The highest BCUT2D eigenvalue weighted by Gasteiger charge is 2.17. The molecular formula is C4H3ClN2O4S. The standard InChI is InChI=1S/C4H3ClN2O4S/c5-12(10,11)3-1-4(6-2-3)7(8)9/h1-2,6H. The number of hydrogen-bond acceptors (Lipinski definition) is 4. The Bertz CT molecular complexity index is 408. The van der Waals surface area contributed by atoms with E-state index in [4.69, 9.17) is 10.7 Å². The monoisotopic (exact) mass is 210 g/mol. The van der Waals surface area contributed by atoms with E-state index in [-0.39, 0.29) is 4.90 Å². The Hall–Kier alpha value is -1.08. The molecule has 0 aromatic carbocycles. The van der Waals surface area contributed by atoms with Crippen LogP contribution in [0, 0.1) is 10.1 Å². The molecule has 0 unspecified atom stereocenters. The van der Waals surface area contributed by atoms with Crippen LogP contribution in [0.15, 0.2) is 17.2 Å². The molecule has 0 atom stereocenters. The molecule has 1 N–H and O–H groups in total. The Morgan fingerprint density at radius 3 is 2.42 bits per heavy atom. The molecule has 0 aliphatic carbocycles. The lowest BCUT2D eigenvalue weighted by Gasteiger charge is -1.85. The average molecular weight is 211 g/mol. The van der Waals surface area contributed by atoms with Gasteiger partial charge in [-0.1, -0.05) is 0 Å². The van der Waals surface area contributed by atoms with E-state index >= 15 is 0 Å². The number of nitrogens with zero attached hydrogens (tertiary/aromatic N) is 1. The van der Waals surface area contributed by atoms with E-state index in [0.29, 0.717) is 0 Å². The highest BCUT2D eigenvalue weighted by molar-refractivity contribution is 8.13. The minimum atomic E-state index is -3.88. The number of nitro groups is 1. The minimum Gasteiger partial charge on any atom is -0.358 e. The first-order valence-electron chi connectivity index (χ1n) is 2.69. The molecule has 0 bridgehead atoms. The SMILES string of the molecule is O=[N+]([O-])c1cc(S(=O)(=O)Cl)c[nH]1. The van der Waals surface area contributed by atoms with Crippen LogP contribution >= 0.6 is 10.7 Å². The number of halogens is 1. The second-order valence-corrected chi connectivity index (χ2v) is 4.48. The maximum absolute atomic E-state index is 10.6. The number of nitrogens with one attached hydrogen (secondary N) is 1. The van der Waals surface area contributed by atoms with Crippen LogP contribution in [0.1, 0.15) is 0 Å². The zero-order valence-corrected chi connectivity index (χ0v) is 7.09. The second kappa shape index (κ2) is 2.76. The van der Waals surface area contributed by atoms with Crippen LogP contribution in [0.25, 0.3) is 0 Å². The molecule has 8 heteroatoms. The number of aromatic nitrogens is 1. The predicted molar refractivity (Wildman–Crippen MR) is 40.5 cm³/mol. The van der Waals surface area contributed by atoms with Gasteiger partial charge in [0.15, 0.2) is 0 Å². The van der Waals surface area contributed by atoms with Crippen molar-refractivity contribution in [3.05, 3.63) is 22.4 Å². The molecule has 0 aliphatic heterocycles. The fourth-order valence-corrected chi connectivity index (χ4v) is 1.33. The van der Waals surface area contributed by atoms with E-state index in [2.05, 4.69) is 4.98 Å². The van der Waals surface area contributed by atoms with Crippen molar-refractivity contribution >= 4 is 25.6 Å². The van der Waals surface area contributed by atoms with Crippen molar-refractivity contribution < 1.29 is 13.3 Å². The molecule has 0 aliphatic rings. The van der Waals surface area contributed by atoms with E-state index < -0.39 is 19.8 Å². The van der Waals surface area contributed by atoms with Crippen LogP contribution in [0.3, 0.4) is 0 Å². The highest BCUT2D eigenvalue weighted by Crippen LogP contribution is 2.19. The van der Waals surface area contributed by atoms with E-state index in [1.165, 1.54) is 0 Å². The van der Waals surface area contributed by atoms with Crippen molar-refractivity contribution in [2.45, 2.75) is 4.90 Å². The second-order valence-electron chi connectivity index (χ2n) is 1.92. The lowest BCUT2D eigenvalue weighted by molar-refractivity contribution is -0.389. The minimum absolute atomic E-state index is 0.309. The van der Waals surface area contributed by atoms with Crippen LogP contribution in [0.5, 0.6) is 0 Å². The Morgan fingerprint density at radius 1 is 1.58 bits per heavy atom. The van der Waals surface area contributed by atoms with Crippen LogP contribution in [-0.2, 0) is 9.05 Å². The summed E-state index contributed by atoms with van der Waals surface area (Å²) in [6.07, 6.45) is 0.959. The molecule has 1 heterocycles. The Labute approximate surface area is 71.7 Å². The molecule has 0 fully saturated rings. The Morgan fingerprint density at radius 2 is 2.17 bits per heavy atom. The van der Waals surface area contributed by atoms with Gasteiger partial charge in [-0.3, -0.25) is 0 Å². The Kier molecular flexibility index (Phi) is 2.07. The normalized spacial score (nSPS) is 11.4. The van der Waals surface area contributed by atoms with Gasteiger partial charge >= 0.3 is 5.82 Å². The summed E-state index contributed by atoms with van der Waals surface area (Å²) in [4.78, 5) is 11.2. The van der Waals surface area contributed by atoms with E-state index in [1.54, 1.807) is 0 Å². The summed E-state index contributed by atoms with van der Waals surface area (Å²) in [5.41, 5.74) is 0. The van der Waals surface area contributed by atoms with Crippen LogP contribution in [0.4, 0.5) is 5.82 Å². The third-order valence-corrected chi connectivity index (χ3v) is 2.45. The van der Waals surface area contributed by atoms with Gasteiger partial charge in [0.25, 0.3) is 9.05 Å². The largest absolute Gasteiger partial charge is 0.358 e. The van der Waals surface area contributed by atoms with Gasteiger partial charge in [0.05, 0.1) is 6.07 Å². The van der Waals surface area contributed by atoms with Crippen molar-refractivity contribution in [2.75, 3.05) is 0 Å². The summed E-state index contributed by atoms with van der Waals surface area (Å²) >= 11 is 0. The van der Waals surface area contributed by atoms with Gasteiger partial charge in [-0.15, -0.1) is 0 Å². The quantitative estimate of drug-likeness (QED) is 0.445. The molecule has 0 saturated carbocycles. The first kappa shape index (κ1) is 9.01. The molecule has 0 spiro atoms. The van der Waals surface area contributed by atoms with Gasteiger partial charge < -0.3 is 10.1 Å². The van der Waals surface area contributed by atoms with Gasteiger partial charge in [-0.2, -0.15) is 0 Å². The molecule has 0 saturated heterocycles. The Balaban J connectivity index is 3.17. The van der Waals surface area contributed by atoms with E-state index in [1.807, 2.05) is 0 Å². The lowest BCUT2D eigenvalue weighted by Crippen LogP contribution is -1.87.